The molecule has 12 heteroatoms. The van der Waals surface area contributed by atoms with Gasteiger partial charge in [0.05, 0.1) is 37.8 Å². The van der Waals surface area contributed by atoms with Crippen LogP contribution in [0.15, 0.2) is 0 Å². The third-order valence-corrected chi connectivity index (χ3v) is 10.6. The maximum absolute atomic E-state index is 13.2. The average molecular weight is 609 g/mol. The van der Waals surface area contributed by atoms with E-state index in [-0.39, 0.29) is 42.8 Å². The maximum atomic E-state index is 13.2. The van der Waals surface area contributed by atoms with Crippen molar-refractivity contribution in [3.8, 4) is 0 Å². The van der Waals surface area contributed by atoms with Crippen LogP contribution in [0, 0.1) is 17.8 Å². The topological polar surface area (TPSA) is 137 Å². The van der Waals surface area contributed by atoms with Crippen LogP contribution in [0.5, 0.6) is 0 Å². The van der Waals surface area contributed by atoms with Gasteiger partial charge in [0.1, 0.15) is 6.23 Å². The average Bonchev–Trinajstić information content (AvgIpc) is 3.43. The zero-order chi connectivity index (χ0) is 30.3. The molecule has 5 rings (SSSR count). The Kier molecular flexibility index (Phi) is 12.1. The SMILES string of the molecule is COC1CC(C(=O)NC[C@H](O)CN2CCC3CC(OCC4OCNC4C)CCC3C2)CC(NC2CCN(C(C)=O)CC2)N1. The van der Waals surface area contributed by atoms with Gasteiger partial charge in [0, 0.05) is 64.8 Å². The molecule has 1 saturated carbocycles. The van der Waals surface area contributed by atoms with Crippen molar-refractivity contribution in [2.45, 2.75) is 108 Å². The number of methoxy groups -OCH3 is 1. The Morgan fingerprint density at radius 3 is 2.60 bits per heavy atom. The number of carbonyl (C=O) groups excluding carboxylic acids is 2. The van der Waals surface area contributed by atoms with Crippen molar-refractivity contribution in [1.82, 2.24) is 31.1 Å². The smallest absolute Gasteiger partial charge is 0.223 e. The lowest BCUT2D eigenvalue weighted by Gasteiger charge is -2.44. The number of hydrogen-bond acceptors (Lipinski definition) is 10. The quantitative estimate of drug-likeness (QED) is 0.221. The van der Waals surface area contributed by atoms with Crippen LogP contribution in [0.4, 0.5) is 0 Å². The molecule has 2 amide bonds. The number of piperidine rings is 3. The normalized spacial score (nSPS) is 36.7. The van der Waals surface area contributed by atoms with Crippen LogP contribution in [0.2, 0.25) is 0 Å². The van der Waals surface area contributed by atoms with Crippen LogP contribution < -0.4 is 21.3 Å². The Morgan fingerprint density at radius 2 is 1.88 bits per heavy atom. The number of nitrogens with zero attached hydrogens (tertiary/aromatic N) is 2. The van der Waals surface area contributed by atoms with Crippen LogP contribution in [0.3, 0.4) is 0 Å². The monoisotopic (exact) mass is 608 g/mol. The van der Waals surface area contributed by atoms with Crippen molar-refractivity contribution < 1.29 is 28.9 Å². The molecule has 5 fully saturated rings. The Hall–Kier alpha value is -1.38. The number of aliphatic hydroxyl groups excluding tert-OH is 1. The Bertz CT molecular complexity index is 906. The van der Waals surface area contributed by atoms with E-state index in [0.29, 0.717) is 62.7 Å². The number of aliphatic hydroxyl groups is 1. The van der Waals surface area contributed by atoms with Crippen LogP contribution in [-0.4, -0.2) is 129 Å². The van der Waals surface area contributed by atoms with Crippen molar-refractivity contribution in [3.63, 3.8) is 0 Å². The van der Waals surface area contributed by atoms with E-state index in [2.05, 4.69) is 33.1 Å². The number of fused-ring (bicyclic) bond motifs is 1. The number of amides is 2. The number of carbonyl (C=O) groups is 2. The molecule has 1 aliphatic carbocycles. The van der Waals surface area contributed by atoms with Gasteiger partial charge in [-0.2, -0.15) is 0 Å². The summed E-state index contributed by atoms with van der Waals surface area (Å²) >= 11 is 0. The zero-order valence-corrected chi connectivity index (χ0v) is 26.5. The number of likely N-dealkylation sites (tertiary alicyclic amines) is 2. The second-order valence-electron chi connectivity index (χ2n) is 13.6. The molecule has 43 heavy (non-hydrogen) atoms. The predicted octanol–water partition coefficient (Wildman–Crippen LogP) is 0.204. The first-order valence-corrected chi connectivity index (χ1v) is 16.7. The van der Waals surface area contributed by atoms with Crippen LogP contribution in [0.1, 0.15) is 65.2 Å². The standard InChI is InChI=1S/C31H56N6O6/c1-20-28(43-19-33-20)18-42-27-5-4-23-16-36(9-6-22(23)12-27)17-26(39)15-32-31(40)24-13-29(35-30(14-24)41-3)34-25-7-10-37(11-8-25)21(2)38/h20,22-30,33-35,39H,4-19H2,1-3H3,(H,32,40)/t20?,22?,23?,24?,26-,27?,28?,29?,30?/m0/s1. The molecule has 246 valence electrons. The van der Waals surface area contributed by atoms with Crippen LogP contribution >= 0.6 is 0 Å². The summed E-state index contributed by atoms with van der Waals surface area (Å²) in [6.07, 6.45) is 7.22. The molecule has 0 aromatic rings. The summed E-state index contributed by atoms with van der Waals surface area (Å²) in [6.45, 7) is 9.42. The number of nitrogens with one attached hydrogen (secondary N) is 4. The highest BCUT2D eigenvalue weighted by molar-refractivity contribution is 5.78. The van der Waals surface area contributed by atoms with Gasteiger partial charge in [-0.05, 0) is 76.7 Å². The van der Waals surface area contributed by atoms with Gasteiger partial charge in [-0.15, -0.1) is 0 Å². The number of rotatable bonds is 11. The summed E-state index contributed by atoms with van der Waals surface area (Å²) in [7, 11) is 1.66. The van der Waals surface area contributed by atoms with Crippen molar-refractivity contribution in [1.29, 1.82) is 0 Å². The molecule has 12 nitrogen and oxygen atoms in total. The molecule has 5 N–H and O–H groups in total. The summed E-state index contributed by atoms with van der Waals surface area (Å²) in [5.41, 5.74) is 0. The van der Waals surface area contributed by atoms with E-state index >= 15 is 0 Å². The lowest BCUT2D eigenvalue weighted by Crippen LogP contribution is -2.59. The molecule has 0 bridgehead atoms. The minimum absolute atomic E-state index is 0.0222. The van der Waals surface area contributed by atoms with Crippen LogP contribution in [-0.2, 0) is 23.8 Å². The fourth-order valence-corrected chi connectivity index (χ4v) is 7.82. The Labute approximate surface area is 257 Å². The predicted molar refractivity (Wildman–Crippen MR) is 162 cm³/mol. The highest BCUT2D eigenvalue weighted by atomic mass is 16.5. The fourth-order valence-electron chi connectivity index (χ4n) is 7.82. The van der Waals surface area contributed by atoms with E-state index in [9.17, 15) is 14.7 Å². The Morgan fingerprint density at radius 1 is 1.07 bits per heavy atom. The molecule has 4 heterocycles. The first kappa shape index (κ1) is 33.0. The van der Waals surface area contributed by atoms with Gasteiger partial charge in [-0.1, -0.05) is 0 Å². The second-order valence-corrected chi connectivity index (χ2v) is 13.6. The first-order chi connectivity index (χ1) is 20.8. The molecule has 0 aromatic heterocycles. The van der Waals surface area contributed by atoms with Gasteiger partial charge in [0.25, 0.3) is 0 Å². The molecular formula is C31H56N6O6. The van der Waals surface area contributed by atoms with Gasteiger partial charge < -0.3 is 34.4 Å². The minimum atomic E-state index is -0.595. The lowest BCUT2D eigenvalue weighted by atomic mass is 9.74. The third kappa shape index (κ3) is 9.32. The molecule has 4 aliphatic heterocycles. The van der Waals surface area contributed by atoms with Gasteiger partial charge >= 0.3 is 0 Å². The minimum Gasteiger partial charge on any atom is -0.390 e. The van der Waals surface area contributed by atoms with E-state index in [1.165, 1.54) is 6.42 Å². The number of ether oxygens (including phenoxy) is 3. The zero-order valence-electron chi connectivity index (χ0n) is 26.5. The van der Waals surface area contributed by atoms with Crippen molar-refractivity contribution in [2.75, 3.05) is 59.7 Å². The fraction of sp³-hybridized carbons (Fsp3) is 0.935. The van der Waals surface area contributed by atoms with Gasteiger partial charge in [0.15, 0.2) is 0 Å². The van der Waals surface area contributed by atoms with E-state index < -0.39 is 6.10 Å². The lowest BCUT2D eigenvalue weighted by molar-refractivity contribution is -0.131. The van der Waals surface area contributed by atoms with E-state index in [0.717, 1.165) is 58.3 Å². The summed E-state index contributed by atoms with van der Waals surface area (Å²) < 4.78 is 17.6. The molecule has 0 aromatic carbocycles. The molecular weight excluding hydrogens is 552 g/mol. The second kappa shape index (κ2) is 15.8. The molecule has 0 radical (unpaired) electrons. The van der Waals surface area contributed by atoms with Crippen LogP contribution in [0.25, 0.3) is 0 Å². The Balaban J connectivity index is 0.993. The van der Waals surface area contributed by atoms with Gasteiger partial charge in [-0.25, -0.2) is 0 Å². The van der Waals surface area contributed by atoms with E-state index in [1.54, 1.807) is 14.0 Å². The maximum Gasteiger partial charge on any atom is 0.223 e. The highest BCUT2D eigenvalue weighted by Crippen LogP contribution is 2.37. The third-order valence-electron chi connectivity index (χ3n) is 10.6. The highest BCUT2D eigenvalue weighted by Gasteiger charge is 2.37. The summed E-state index contributed by atoms with van der Waals surface area (Å²) in [5, 5.41) is 24.3. The number of β-amino-alcohol motifs (C(OH)–C–C–N with tert-alkyl or cyclic N) is 1. The van der Waals surface area contributed by atoms with Crippen molar-refractivity contribution in [2.24, 2.45) is 17.8 Å². The largest absolute Gasteiger partial charge is 0.390 e. The molecule has 5 aliphatic rings. The molecule has 0 spiro atoms. The molecule has 4 saturated heterocycles. The van der Waals surface area contributed by atoms with Gasteiger partial charge in [0.2, 0.25) is 11.8 Å². The van der Waals surface area contributed by atoms with E-state index in [1.807, 2.05) is 4.90 Å². The number of hydrogen-bond donors (Lipinski definition) is 5. The van der Waals surface area contributed by atoms with Crippen molar-refractivity contribution >= 4 is 11.8 Å². The van der Waals surface area contributed by atoms with Gasteiger partial charge in [-0.3, -0.25) is 25.5 Å². The first-order valence-electron chi connectivity index (χ1n) is 16.7. The van der Waals surface area contributed by atoms with Crippen molar-refractivity contribution in [3.05, 3.63) is 0 Å². The van der Waals surface area contributed by atoms with E-state index in [4.69, 9.17) is 14.2 Å². The molecule has 9 atom stereocenters. The molecule has 8 unspecified atom stereocenters. The summed E-state index contributed by atoms with van der Waals surface area (Å²) in [4.78, 5) is 29.1. The summed E-state index contributed by atoms with van der Waals surface area (Å²) in [6, 6.07) is 0.647. The summed E-state index contributed by atoms with van der Waals surface area (Å²) in [5.74, 6) is 1.25.